The molecule has 2 aromatic heterocycles. The Morgan fingerprint density at radius 3 is 2.52 bits per heavy atom. The molecule has 0 saturated heterocycles. The number of pyridine rings is 1. The fourth-order valence-corrected chi connectivity index (χ4v) is 6.66. The van der Waals surface area contributed by atoms with Crippen molar-refractivity contribution in [3.05, 3.63) is 50.3 Å². The molecule has 0 spiro atoms. The predicted octanol–water partition coefficient (Wildman–Crippen LogP) is 3.02. The second-order valence-corrected chi connectivity index (χ2v) is 10.0. The summed E-state index contributed by atoms with van der Waals surface area (Å²) >= 11 is 1.58. The fraction of sp³-hybridized carbons (Fsp3) is 0.591. The maximum Gasteiger partial charge on any atom is 0.261 e. The van der Waals surface area contributed by atoms with Gasteiger partial charge in [0.2, 0.25) is 0 Å². The number of carbonyl (C=O) groups excluding carboxylic acids is 1. The normalized spacial score (nSPS) is 30.1. The first-order valence-electron chi connectivity index (χ1n) is 10.6. The van der Waals surface area contributed by atoms with Gasteiger partial charge in [-0.2, -0.15) is 0 Å². The smallest absolute Gasteiger partial charge is 0.261 e. The Morgan fingerprint density at radius 1 is 1.17 bits per heavy atom. The number of aromatic amines is 1. The largest absolute Gasteiger partial charge is 0.349 e. The van der Waals surface area contributed by atoms with Crippen LogP contribution in [0.25, 0.3) is 0 Å². The monoisotopic (exact) mass is 412 g/mol. The Bertz CT molecular complexity index is 911. The standard InChI is InChI=1S/C22H28N4O2S/c1-26(10-18-11-29-12-23-18)9-17-2-3-19(21(27)24-17)22(28)25-20-15-5-13-4-14(7-15)8-16(20)6-13/h2-3,11-16,20H,4-10H2,1H3,(H,24,27)(H,25,28). The lowest BCUT2D eigenvalue weighted by Gasteiger charge is -2.54. The van der Waals surface area contributed by atoms with Crippen LogP contribution in [-0.4, -0.2) is 33.9 Å². The average molecular weight is 413 g/mol. The van der Waals surface area contributed by atoms with Gasteiger partial charge in [0.05, 0.1) is 11.2 Å². The highest BCUT2D eigenvalue weighted by molar-refractivity contribution is 7.07. The number of carbonyl (C=O) groups is 1. The molecule has 0 aromatic carbocycles. The van der Waals surface area contributed by atoms with Gasteiger partial charge < -0.3 is 10.3 Å². The lowest BCUT2D eigenvalue weighted by atomic mass is 9.54. The molecule has 2 N–H and O–H groups in total. The molecule has 1 amide bonds. The predicted molar refractivity (Wildman–Crippen MR) is 113 cm³/mol. The number of hydrogen-bond donors (Lipinski definition) is 2. The van der Waals surface area contributed by atoms with Crippen LogP contribution in [0.3, 0.4) is 0 Å². The van der Waals surface area contributed by atoms with E-state index in [1.54, 1.807) is 17.4 Å². The summed E-state index contributed by atoms with van der Waals surface area (Å²) in [7, 11) is 1.99. The van der Waals surface area contributed by atoms with Crippen LogP contribution in [0, 0.1) is 23.7 Å². The summed E-state index contributed by atoms with van der Waals surface area (Å²) in [5, 5.41) is 5.26. The van der Waals surface area contributed by atoms with Crippen molar-refractivity contribution in [1.82, 2.24) is 20.2 Å². The molecule has 2 aromatic rings. The van der Waals surface area contributed by atoms with Crippen LogP contribution in [0.2, 0.25) is 0 Å². The van der Waals surface area contributed by atoms with Crippen molar-refractivity contribution in [2.24, 2.45) is 23.7 Å². The van der Waals surface area contributed by atoms with E-state index in [2.05, 4.69) is 20.2 Å². The number of thiazole rings is 1. The SMILES string of the molecule is CN(Cc1cscn1)Cc1ccc(C(=O)NC2C3CC4CC(C3)CC2C4)c(=O)[nH]1. The number of H-pyrrole nitrogens is 1. The summed E-state index contributed by atoms with van der Waals surface area (Å²) in [6, 6.07) is 3.78. The molecule has 4 fully saturated rings. The molecule has 0 radical (unpaired) electrons. The van der Waals surface area contributed by atoms with Crippen molar-refractivity contribution in [2.45, 2.75) is 51.2 Å². The molecule has 4 aliphatic carbocycles. The Morgan fingerprint density at radius 2 is 1.90 bits per heavy atom. The Labute approximate surface area is 174 Å². The zero-order valence-corrected chi connectivity index (χ0v) is 17.6. The Kier molecular flexibility index (Phi) is 5.04. The highest BCUT2D eigenvalue weighted by Crippen LogP contribution is 2.53. The van der Waals surface area contributed by atoms with E-state index in [4.69, 9.17) is 0 Å². The van der Waals surface area contributed by atoms with Crippen LogP contribution in [0.5, 0.6) is 0 Å². The third-order valence-corrected chi connectivity index (χ3v) is 7.73. The van der Waals surface area contributed by atoms with Crippen LogP contribution < -0.4 is 10.9 Å². The summed E-state index contributed by atoms with van der Waals surface area (Å²) in [5.74, 6) is 2.73. The number of nitrogens with one attached hydrogen (secondary N) is 2. The quantitative estimate of drug-likeness (QED) is 0.765. The zero-order chi connectivity index (χ0) is 20.0. The second-order valence-electron chi connectivity index (χ2n) is 9.31. The van der Waals surface area contributed by atoms with Crippen molar-refractivity contribution in [2.75, 3.05) is 7.05 Å². The van der Waals surface area contributed by atoms with Crippen LogP contribution in [0.4, 0.5) is 0 Å². The van der Waals surface area contributed by atoms with Crippen LogP contribution in [0.15, 0.2) is 27.8 Å². The van der Waals surface area contributed by atoms with Gasteiger partial charge in [0.25, 0.3) is 11.5 Å². The third kappa shape index (κ3) is 3.90. The van der Waals surface area contributed by atoms with Gasteiger partial charge in [-0.15, -0.1) is 11.3 Å². The summed E-state index contributed by atoms with van der Waals surface area (Å²) in [5.41, 5.74) is 3.57. The Balaban J connectivity index is 1.23. The minimum absolute atomic E-state index is 0.217. The van der Waals surface area contributed by atoms with Crippen LogP contribution in [-0.2, 0) is 13.1 Å². The van der Waals surface area contributed by atoms with Crippen LogP contribution >= 0.6 is 11.3 Å². The fourth-order valence-electron chi connectivity index (χ4n) is 6.11. The van der Waals surface area contributed by atoms with E-state index in [0.29, 0.717) is 18.4 Å². The van der Waals surface area contributed by atoms with E-state index in [-0.39, 0.29) is 23.1 Å². The van der Waals surface area contributed by atoms with Crippen molar-refractivity contribution in [1.29, 1.82) is 0 Å². The first-order valence-corrected chi connectivity index (χ1v) is 11.6. The average Bonchev–Trinajstić information content (AvgIpc) is 3.17. The molecule has 4 aliphatic rings. The summed E-state index contributed by atoms with van der Waals surface area (Å²) in [6.07, 6.45) is 6.39. The molecule has 6 rings (SSSR count). The second kappa shape index (κ2) is 7.69. The summed E-state index contributed by atoms with van der Waals surface area (Å²) < 4.78 is 0. The van der Waals surface area contributed by atoms with Gasteiger partial charge >= 0.3 is 0 Å². The maximum absolute atomic E-state index is 12.9. The molecule has 0 atom stereocenters. The van der Waals surface area contributed by atoms with E-state index in [1.165, 1.54) is 32.1 Å². The molecule has 4 saturated carbocycles. The van der Waals surface area contributed by atoms with Crippen molar-refractivity contribution in [3.8, 4) is 0 Å². The van der Waals surface area contributed by atoms with E-state index in [1.807, 2.05) is 24.0 Å². The molecule has 4 bridgehead atoms. The van der Waals surface area contributed by atoms with Gasteiger partial charge in [-0.3, -0.25) is 14.5 Å². The molecule has 154 valence electrons. The number of nitrogens with zero attached hydrogens (tertiary/aromatic N) is 2. The Hall–Kier alpha value is -1.99. The van der Waals surface area contributed by atoms with E-state index in [0.717, 1.165) is 29.8 Å². The van der Waals surface area contributed by atoms with E-state index >= 15 is 0 Å². The molecule has 0 unspecified atom stereocenters. The van der Waals surface area contributed by atoms with Gasteiger partial charge in [-0.05, 0) is 75.0 Å². The first-order chi connectivity index (χ1) is 14.0. The zero-order valence-electron chi connectivity index (χ0n) is 16.8. The summed E-state index contributed by atoms with van der Waals surface area (Å²) in [6.45, 7) is 1.32. The molecule has 2 heterocycles. The molecule has 7 heteroatoms. The lowest BCUT2D eigenvalue weighted by molar-refractivity contribution is -0.0119. The van der Waals surface area contributed by atoms with Gasteiger partial charge in [-0.1, -0.05) is 0 Å². The number of hydrogen-bond acceptors (Lipinski definition) is 5. The molecule has 0 aliphatic heterocycles. The summed E-state index contributed by atoms with van der Waals surface area (Å²) in [4.78, 5) is 34.7. The number of aromatic nitrogens is 2. The number of amides is 1. The van der Waals surface area contributed by atoms with Crippen LogP contribution in [0.1, 0.15) is 53.8 Å². The topological polar surface area (TPSA) is 78.1 Å². The lowest BCUT2D eigenvalue weighted by Crippen LogP contribution is -2.56. The van der Waals surface area contributed by atoms with Crippen molar-refractivity contribution < 1.29 is 4.79 Å². The minimum Gasteiger partial charge on any atom is -0.349 e. The first kappa shape index (κ1) is 19.0. The van der Waals surface area contributed by atoms with Gasteiger partial charge in [0.1, 0.15) is 5.56 Å². The third-order valence-electron chi connectivity index (χ3n) is 7.09. The maximum atomic E-state index is 12.9. The molecule has 6 nitrogen and oxygen atoms in total. The van der Waals surface area contributed by atoms with Crippen molar-refractivity contribution in [3.63, 3.8) is 0 Å². The van der Waals surface area contributed by atoms with Crippen molar-refractivity contribution >= 4 is 17.2 Å². The molecule has 29 heavy (non-hydrogen) atoms. The highest BCUT2D eigenvalue weighted by atomic mass is 32.1. The van der Waals surface area contributed by atoms with Gasteiger partial charge in [-0.25, -0.2) is 4.98 Å². The van der Waals surface area contributed by atoms with E-state index in [9.17, 15) is 9.59 Å². The molecular formula is C22H28N4O2S. The number of rotatable bonds is 6. The minimum atomic E-state index is -0.300. The van der Waals surface area contributed by atoms with Gasteiger partial charge in [0, 0.05) is 30.2 Å². The molecular weight excluding hydrogens is 384 g/mol. The van der Waals surface area contributed by atoms with Gasteiger partial charge in [0.15, 0.2) is 0 Å². The van der Waals surface area contributed by atoms with E-state index < -0.39 is 0 Å². The highest BCUT2D eigenvalue weighted by Gasteiger charge is 2.48.